The van der Waals surface area contributed by atoms with Crippen molar-refractivity contribution < 1.29 is 9.47 Å². The molecule has 7 nitrogen and oxygen atoms in total. The van der Waals surface area contributed by atoms with Gasteiger partial charge >= 0.3 is 0 Å². The van der Waals surface area contributed by atoms with Gasteiger partial charge in [0.2, 0.25) is 0 Å². The van der Waals surface area contributed by atoms with Gasteiger partial charge in [-0.25, -0.2) is 4.98 Å². The van der Waals surface area contributed by atoms with Crippen molar-refractivity contribution in [2.24, 2.45) is 0 Å². The van der Waals surface area contributed by atoms with Gasteiger partial charge in [0.25, 0.3) is 5.56 Å². The summed E-state index contributed by atoms with van der Waals surface area (Å²) in [4.78, 5) is 22.7. The number of fused-ring (bicyclic) bond motifs is 2. The Morgan fingerprint density at radius 3 is 2.90 bits per heavy atom. The summed E-state index contributed by atoms with van der Waals surface area (Å²) in [6, 6.07) is 13.8. The maximum Gasteiger partial charge on any atom is 0.276 e. The van der Waals surface area contributed by atoms with Crippen molar-refractivity contribution in [3.05, 3.63) is 69.6 Å². The van der Waals surface area contributed by atoms with Crippen molar-refractivity contribution >= 4 is 22.8 Å². The second kappa shape index (κ2) is 8.91. The molecule has 2 aliphatic heterocycles. The second-order valence-corrected chi connectivity index (χ2v) is 7.86. The molecule has 2 N–H and O–H groups in total. The minimum Gasteiger partial charge on any atom is -0.493 e. The lowest BCUT2D eigenvalue weighted by molar-refractivity contribution is 0.0358. The van der Waals surface area contributed by atoms with Gasteiger partial charge in [-0.3, -0.25) is 9.69 Å². The maximum absolute atomic E-state index is 12.7. The molecule has 7 heteroatoms. The van der Waals surface area contributed by atoms with Gasteiger partial charge in [-0.05, 0) is 35.8 Å². The summed E-state index contributed by atoms with van der Waals surface area (Å²) >= 11 is 0. The van der Waals surface area contributed by atoms with Crippen LogP contribution in [-0.2, 0) is 11.3 Å². The molecule has 0 radical (unpaired) electrons. The predicted molar refractivity (Wildman–Crippen MR) is 121 cm³/mol. The zero-order valence-corrected chi connectivity index (χ0v) is 17.4. The van der Waals surface area contributed by atoms with Gasteiger partial charge in [-0.15, -0.1) is 0 Å². The average Bonchev–Trinajstić information content (AvgIpc) is 2.82. The Hall–Kier alpha value is -3.16. The highest BCUT2D eigenvalue weighted by Gasteiger charge is 2.16. The van der Waals surface area contributed by atoms with E-state index < -0.39 is 0 Å². The third-order valence-corrected chi connectivity index (χ3v) is 5.73. The lowest BCUT2D eigenvalue weighted by Gasteiger charge is -2.26. The summed E-state index contributed by atoms with van der Waals surface area (Å²) in [6.07, 6.45) is 2.93. The molecule has 0 unspecified atom stereocenters. The van der Waals surface area contributed by atoms with Crippen LogP contribution in [0.2, 0.25) is 0 Å². The Labute approximate surface area is 180 Å². The Balaban J connectivity index is 1.29. The smallest absolute Gasteiger partial charge is 0.276 e. The molecule has 5 rings (SSSR count). The monoisotopic (exact) mass is 418 g/mol. The highest BCUT2D eigenvalue weighted by Crippen LogP contribution is 2.23. The third-order valence-electron chi connectivity index (χ3n) is 5.73. The first-order valence-corrected chi connectivity index (χ1v) is 10.8. The van der Waals surface area contributed by atoms with E-state index in [9.17, 15) is 4.79 Å². The van der Waals surface area contributed by atoms with E-state index in [2.05, 4.69) is 26.3 Å². The number of morpholine rings is 1. The molecule has 1 fully saturated rings. The van der Waals surface area contributed by atoms with Gasteiger partial charge in [0, 0.05) is 32.2 Å². The van der Waals surface area contributed by atoms with E-state index in [1.807, 2.05) is 42.5 Å². The van der Waals surface area contributed by atoms with E-state index in [0.717, 1.165) is 61.8 Å². The van der Waals surface area contributed by atoms with E-state index in [0.29, 0.717) is 24.4 Å². The molecule has 1 saturated heterocycles. The molecular weight excluding hydrogens is 392 g/mol. The minimum absolute atomic E-state index is 0.213. The van der Waals surface area contributed by atoms with Crippen LogP contribution in [0.5, 0.6) is 5.75 Å². The lowest BCUT2D eigenvalue weighted by atomic mass is 10.0. The number of nitrogens with one attached hydrogen (secondary N) is 2. The number of hydrogen-bond donors (Lipinski definition) is 2. The summed E-state index contributed by atoms with van der Waals surface area (Å²) in [7, 11) is 0. The first kappa shape index (κ1) is 19.8. The van der Waals surface area contributed by atoms with Crippen LogP contribution >= 0.6 is 0 Å². The Morgan fingerprint density at radius 2 is 2.00 bits per heavy atom. The fourth-order valence-corrected chi connectivity index (χ4v) is 4.03. The van der Waals surface area contributed by atoms with Crippen molar-refractivity contribution in [3.63, 3.8) is 0 Å². The SMILES string of the molecule is O=c1[nH]c2cc(OCCCN3CCOCC3)ccc2nc1C1=Cc2ccccc2CN1. The Kier molecular flexibility index (Phi) is 5.69. The fraction of sp³-hybridized carbons (Fsp3) is 0.333. The molecule has 0 spiro atoms. The van der Waals surface area contributed by atoms with E-state index in [1.165, 1.54) is 5.56 Å². The summed E-state index contributed by atoms with van der Waals surface area (Å²) in [5.74, 6) is 0.739. The molecule has 0 amide bonds. The van der Waals surface area contributed by atoms with Crippen LogP contribution in [0.3, 0.4) is 0 Å². The number of benzene rings is 2. The summed E-state index contributed by atoms with van der Waals surface area (Å²) in [6.45, 7) is 5.92. The molecule has 1 aromatic heterocycles. The molecule has 0 saturated carbocycles. The molecule has 160 valence electrons. The molecule has 0 atom stereocenters. The third kappa shape index (κ3) is 4.47. The van der Waals surface area contributed by atoms with Gasteiger partial charge in [-0.1, -0.05) is 24.3 Å². The van der Waals surface area contributed by atoms with Crippen molar-refractivity contribution in [2.75, 3.05) is 39.5 Å². The van der Waals surface area contributed by atoms with Crippen LogP contribution in [0.1, 0.15) is 23.2 Å². The van der Waals surface area contributed by atoms with E-state index in [4.69, 9.17) is 9.47 Å². The predicted octanol–water partition coefficient (Wildman–Crippen LogP) is 2.63. The summed E-state index contributed by atoms with van der Waals surface area (Å²) in [5.41, 5.74) is 4.66. The van der Waals surface area contributed by atoms with Crippen LogP contribution in [0, 0.1) is 0 Å². The Bertz CT molecular complexity index is 1160. The van der Waals surface area contributed by atoms with Crippen molar-refractivity contribution in [2.45, 2.75) is 13.0 Å². The zero-order valence-electron chi connectivity index (χ0n) is 17.4. The normalized spacial score (nSPS) is 16.5. The second-order valence-electron chi connectivity index (χ2n) is 7.86. The number of rotatable bonds is 6. The minimum atomic E-state index is -0.213. The van der Waals surface area contributed by atoms with Crippen LogP contribution in [0.25, 0.3) is 22.8 Å². The van der Waals surface area contributed by atoms with Gasteiger partial charge in [-0.2, -0.15) is 0 Å². The maximum atomic E-state index is 12.7. The van der Waals surface area contributed by atoms with Crippen LogP contribution in [-0.4, -0.2) is 54.3 Å². The fourth-order valence-electron chi connectivity index (χ4n) is 4.03. The van der Waals surface area contributed by atoms with E-state index in [-0.39, 0.29) is 5.56 Å². The van der Waals surface area contributed by atoms with Crippen molar-refractivity contribution in [3.8, 4) is 5.75 Å². The van der Waals surface area contributed by atoms with Crippen molar-refractivity contribution in [1.82, 2.24) is 20.2 Å². The average molecular weight is 418 g/mol. The summed E-state index contributed by atoms with van der Waals surface area (Å²) in [5, 5.41) is 3.31. The number of H-pyrrole nitrogens is 1. The number of aromatic amines is 1. The summed E-state index contributed by atoms with van der Waals surface area (Å²) < 4.78 is 11.3. The molecule has 2 aromatic carbocycles. The van der Waals surface area contributed by atoms with Crippen LogP contribution in [0.4, 0.5) is 0 Å². The molecule has 0 bridgehead atoms. The molecule has 0 aliphatic carbocycles. The van der Waals surface area contributed by atoms with Gasteiger partial charge < -0.3 is 19.8 Å². The standard InChI is InChI=1S/C24H26N4O3/c29-24-23(22-14-17-4-1-2-5-18(17)16-25-22)26-20-7-6-19(15-21(20)27-24)31-11-3-8-28-9-12-30-13-10-28/h1-2,4-7,14-15,25H,3,8-13,16H2,(H,27,29). The quantitative estimate of drug-likeness (QED) is 0.599. The Morgan fingerprint density at radius 1 is 1.13 bits per heavy atom. The first-order chi connectivity index (χ1) is 15.3. The van der Waals surface area contributed by atoms with Crippen molar-refractivity contribution in [1.29, 1.82) is 0 Å². The number of nitrogens with zero attached hydrogens (tertiary/aromatic N) is 2. The lowest BCUT2D eigenvalue weighted by Crippen LogP contribution is -2.37. The molecular formula is C24H26N4O3. The molecule has 31 heavy (non-hydrogen) atoms. The topological polar surface area (TPSA) is 79.5 Å². The molecule has 2 aliphatic rings. The number of ether oxygens (including phenoxy) is 2. The zero-order chi connectivity index (χ0) is 21.0. The van der Waals surface area contributed by atoms with Gasteiger partial charge in [0.05, 0.1) is 36.6 Å². The molecule has 3 heterocycles. The number of hydrogen-bond acceptors (Lipinski definition) is 6. The number of aromatic nitrogens is 2. The highest BCUT2D eigenvalue weighted by molar-refractivity contribution is 5.84. The van der Waals surface area contributed by atoms with Crippen LogP contribution < -0.4 is 15.6 Å². The van der Waals surface area contributed by atoms with Crippen LogP contribution in [0.15, 0.2) is 47.3 Å². The molecule has 3 aromatic rings. The van der Waals surface area contributed by atoms with E-state index >= 15 is 0 Å². The van der Waals surface area contributed by atoms with E-state index in [1.54, 1.807) is 0 Å². The van der Waals surface area contributed by atoms with Gasteiger partial charge in [0.1, 0.15) is 5.75 Å². The highest BCUT2D eigenvalue weighted by atomic mass is 16.5. The largest absolute Gasteiger partial charge is 0.493 e. The first-order valence-electron chi connectivity index (χ1n) is 10.8. The van der Waals surface area contributed by atoms with Gasteiger partial charge in [0.15, 0.2) is 5.69 Å².